The number of halogens is 6. The molecule has 0 bridgehead atoms. The molecule has 4 rings (SSSR count). The van der Waals surface area contributed by atoms with Crippen LogP contribution in [-0.4, -0.2) is 66.5 Å². The van der Waals surface area contributed by atoms with Gasteiger partial charge in [0.25, 0.3) is 5.56 Å². The van der Waals surface area contributed by atoms with Crippen LogP contribution in [0, 0.1) is 0 Å². The molecule has 40 heavy (non-hydrogen) atoms. The van der Waals surface area contributed by atoms with E-state index in [4.69, 9.17) is 24.5 Å². The molecular weight excluding hydrogens is 578 g/mol. The highest BCUT2D eigenvalue weighted by Gasteiger charge is 2.38. The predicted molar refractivity (Wildman–Crippen MR) is 127 cm³/mol. The summed E-state index contributed by atoms with van der Waals surface area (Å²) in [6, 6.07) is 5.17. The molecule has 0 saturated carbocycles. The van der Waals surface area contributed by atoms with Gasteiger partial charge in [-0.15, -0.1) is 11.3 Å². The fourth-order valence-corrected chi connectivity index (χ4v) is 3.83. The summed E-state index contributed by atoms with van der Waals surface area (Å²) in [5.41, 5.74) is 2.25. The van der Waals surface area contributed by atoms with E-state index in [-0.39, 0.29) is 11.3 Å². The second-order valence-corrected chi connectivity index (χ2v) is 8.10. The van der Waals surface area contributed by atoms with Crippen LogP contribution >= 0.6 is 11.3 Å². The number of fused-ring (bicyclic) bond motifs is 1. The molecule has 4 heterocycles. The molecule has 0 aliphatic rings. The second-order valence-electron chi connectivity index (χ2n) is 7.22. The van der Waals surface area contributed by atoms with Gasteiger partial charge in [0.05, 0.1) is 23.4 Å². The van der Waals surface area contributed by atoms with Crippen molar-refractivity contribution in [3.63, 3.8) is 0 Å². The number of alkyl halides is 6. The number of carboxylic acid groups (broad SMARTS) is 2. The molecule has 0 amide bonds. The summed E-state index contributed by atoms with van der Waals surface area (Å²) in [7, 11) is 3.08. The number of pyridine rings is 2. The van der Waals surface area contributed by atoms with Gasteiger partial charge >= 0.3 is 24.3 Å². The lowest BCUT2D eigenvalue weighted by atomic mass is 10.1. The number of nitrogens with zero attached hydrogens (tertiary/aromatic N) is 4. The van der Waals surface area contributed by atoms with Gasteiger partial charge in [0.15, 0.2) is 0 Å². The number of hydrogen-bond donors (Lipinski definition) is 3. The zero-order chi connectivity index (χ0) is 30.4. The molecule has 4 aromatic heterocycles. The summed E-state index contributed by atoms with van der Waals surface area (Å²) in [6.07, 6.45) is -5.30. The molecule has 0 aliphatic carbocycles. The van der Waals surface area contributed by atoms with Crippen LogP contribution in [0.1, 0.15) is 0 Å². The smallest absolute Gasteiger partial charge is 0.490 e. The first kappa shape index (κ1) is 31.5. The third-order valence-corrected chi connectivity index (χ3v) is 5.53. The third-order valence-electron chi connectivity index (χ3n) is 4.54. The number of aromatic nitrogens is 4. The van der Waals surface area contributed by atoms with Gasteiger partial charge in [-0.3, -0.25) is 9.78 Å². The van der Waals surface area contributed by atoms with Crippen LogP contribution < -0.4 is 10.3 Å². The van der Waals surface area contributed by atoms with Crippen LogP contribution in [0.4, 0.5) is 26.3 Å². The van der Waals surface area contributed by atoms with Crippen molar-refractivity contribution < 1.29 is 56.0 Å². The third kappa shape index (κ3) is 7.65. The van der Waals surface area contributed by atoms with E-state index in [0.717, 1.165) is 11.1 Å². The summed E-state index contributed by atoms with van der Waals surface area (Å²) in [4.78, 5) is 38.8. The minimum Gasteiger partial charge on any atom is -0.505 e. The van der Waals surface area contributed by atoms with Crippen LogP contribution in [0.25, 0.3) is 32.6 Å². The summed E-state index contributed by atoms with van der Waals surface area (Å²) < 4.78 is 70.5. The zero-order valence-electron chi connectivity index (χ0n) is 20.0. The maximum absolute atomic E-state index is 12.7. The van der Waals surface area contributed by atoms with Crippen molar-refractivity contribution in [2.45, 2.75) is 12.4 Å². The maximum Gasteiger partial charge on any atom is 0.490 e. The molecule has 0 aromatic carbocycles. The number of ether oxygens (including phenoxy) is 1. The predicted octanol–water partition coefficient (Wildman–Crippen LogP) is 4.10. The Morgan fingerprint density at radius 3 is 1.98 bits per heavy atom. The van der Waals surface area contributed by atoms with Gasteiger partial charge in [-0.25, -0.2) is 19.3 Å². The van der Waals surface area contributed by atoms with Crippen molar-refractivity contribution in [1.29, 1.82) is 0 Å². The number of hydrogen-bond acceptors (Lipinski definition) is 9. The Balaban J connectivity index is 0.000000333. The lowest BCUT2D eigenvalue weighted by Crippen LogP contribution is -2.21. The van der Waals surface area contributed by atoms with Crippen molar-refractivity contribution in [2.75, 3.05) is 7.11 Å². The SMILES string of the molecule is COc1cnc(-c2nn(C)c(=O)c3c(-c4ccncc4)csc23)c(O)c1.O=C(O)C(F)(F)F.O=C(O)C(F)(F)F. The zero-order valence-corrected chi connectivity index (χ0v) is 20.8. The monoisotopic (exact) mass is 594 g/mol. The number of aromatic hydroxyl groups is 1. The number of carboxylic acids is 2. The average Bonchev–Trinajstić information content (AvgIpc) is 3.32. The highest BCUT2D eigenvalue weighted by Crippen LogP contribution is 2.38. The van der Waals surface area contributed by atoms with E-state index in [1.807, 2.05) is 17.5 Å². The van der Waals surface area contributed by atoms with E-state index in [0.29, 0.717) is 27.2 Å². The average molecular weight is 594 g/mol. The summed E-state index contributed by atoms with van der Waals surface area (Å²) in [6.45, 7) is 0. The number of carbonyl (C=O) groups is 2. The molecule has 0 aliphatic heterocycles. The molecule has 18 heteroatoms. The number of aliphatic carboxylic acids is 2. The van der Waals surface area contributed by atoms with E-state index in [1.54, 1.807) is 19.4 Å². The molecule has 3 N–H and O–H groups in total. The van der Waals surface area contributed by atoms with Gasteiger partial charge in [0.1, 0.15) is 22.9 Å². The molecule has 0 spiro atoms. The first-order valence-electron chi connectivity index (χ1n) is 10.2. The van der Waals surface area contributed by atoms with Gasteiger partial charge < -0.3 is 20.1 Å². The van der Waals surface area contributed by atoms with Crippen molar-refractivity contribution >= 4 is 33.4 Å². The molecule has 4 aromatic rings. The van der Waals surface area contributed by atoms with E-state index in [2.05, 4.69) is 15.1 Å². The number of aryl methyl sites for hydroxylation is 1. The standard InChI is InChI=1S/C18H14N4O3S.2C2HF3O2/c1-22-18(24)14-12(10-3-5-19-6-4-10)9-26-17(14)16(21-22)15-13(23)7-11(25-2)8-20-15;2*3-2(4,5)1(6)7/h3-9,23H,1-2H3;2*(H,6,7). The first-order valence-corrected chi connectivity index (χ1v) is 11.1. The Labute approximate surface area is 222 Å². The van der Waals surface area contributed by atoms with Gasteiger partial charge in [0.2, 0.25) is 0 Å². The molecule has 0 atom stereocenters. The number of thiophene rings is 1. The number of methoxy groups -OCH3 is 1. The summed E-state index contributed by atoms with van der Waals surface area (Å²) in [5.74, 6) is -5.13. The normalized spacial score (nSPS) is 11.1. The number of rotatable bonds is 3. The maximum atomic E-state index is 12.7. The largest absolute Gasteiger partial charge is 0.505 e. The van der Waals surface area contributed by atoms with Crippen LogP contribution in [-0.2, 0) is 16.6 Å². The molecule has 0 radical (unpaired) electrons. The lowest BCUT2D eigenvalue weighted by Gasteiger charge is -2.08. The van der Waals surface area contributed by atoms with E-state index in [9.17, 15) is 36.2 Å². The first-order chi connectivity index (χ1) is 18.5. The van der Waals surface area contributed by atoms with Crippen molar-refractivity contribution in [2.24, 2.45) is 7.05 Å². The van der Waals surface area contributed by atoms with Crippen molar-refractivity contribution in [3.8, 4) is 34.0 Å². The van der Waals surface area contributed by atoms with E-state index >= 15 is 0 Å². The fourth-order valence-electron chi connectivity index (χ4n) is 2.77. The van der Waals surface area contributed by atoms with E-state index < -0.39 is 24.3 Å². The molecule has 0 unspecified atom stereocenters. The Kier molecular flexibility index (Phi) is 9.77. The van der Waals surface area contributed by atoms with Crippen LogP contribution in [0.3, 0.4) is 0 Å². The Morgan fingerprint density at radius 1 is 1.00 bits per heavy atom. The van der Waals surface area contributed by atoms with Crippen LogP contribution in [0.15, 0.2) is 47.0 Å². The minimum absolute atomic E-state index is 0.0596. The molecule has 11 nitrogen and oxygen atoms in total. The summed E-state index contributed by atoms with van der Waals surface area (Å²) in [5, 5.41) is 31.4. The van der Waals surface area contributed by atoms with E-state index in [1.165, 1.54) is 35.4 Å². The van der Waals surface area contributed by atoms with Crippen LogP contribution in [0.2, 0.25) is 0 Å². The Hall–Kier alpha value is -4.74. The molecular formula is C22H16F6N4O7S. The van der Waals surface area contributed by atoms with Gasteiger partial charge in [-0.05, 0) is 17.7 Å². The van der Waals surface area contributed by atoms with Crippen molar-refractivity contribution in [1.82, 2.24) is 19.7 Å². The van der Waals surface area contributed by atoms with Gasteiger partial charge in [-0.2, -0.15) is 31.4 Å². The van der Waals surface area contributed by atoms with Gasteiger partial charge in [0, 0.05) is 36.5 Å². The molecule has 214 valence electrons. The molecule has 0 saturated heterocycles. The summed E-state index contributed by atoms with van der Waals surface area (Å²) >= 11 is 1.39. The van der Waals surface area contributed by atoms with Gasteiger partial charge in [-0.1, -0.05) is 0 Å². The van der Waals surface area contributed by atoms with Crippen LogP contribution in [0.5, 0.6) is 11.5 Å². The highest BCUT2D eigenvalue weighted by atomic mass is 32.1. The second kappa shape index (κ2) is 12.4. The highest BCUT2D eigenvalue weighted by molar-refractivity contribution is 7.18. The fraction of sp³-hybridized carbons (Fsp3) is 0.182. The quantitative estimate of drug-likeness (QED) is 0.294. The lowest BCUT2D eigenvalue weighted by molar-refractivity contribution is -0.193. The van der Waals surface area contributed by atoms with Crippen molar-refractivity contribution in [3.05, 3.63) is 52.5 Å². The Bertz CT molecular complexity index is 1550. The minimum atomic E-state index is -5.08. The topological polar surface area (TPSA) is 165 Å². The Morgan fingerprint density at radius 2 is 1.52 bits per heavy atom. The molecule has 0 fully saturated rings.